The molecule has 212 valence electrons. The minimum absolute atomic E-state index is 0.0413. The van der Waals surface area contributed by atoms with E-state index in [1.807, 2.05) is 0 Å². The lowest BCUT2D eigenvalue weighted by Crippen LogP contribution is -2.53. The molecule has 3 amide bonds. The Bertz CT molecular complexity index is 1300. The minimum atomic E-state index is -4.83. The van der Waals surface area contributed by atoms with E-state index < -0.39 is 68.4 Å². The molecular weight excluding hydrogens is 563 g/mol. The zero-order chi connectivity index (χ0) is 29.1. The number of carbonyl (C=O) groups excluding carboxylic acids is 3. The van der Waals surface area contributed by atoms with E-state index in [2.05, 4.69) is 10.6 Å². The molecule has 0 bridgehead atoms. The van der Waals surface area contributed by atoms with Gasteiger partial charge in [0.2, 0.25) is 24.5 Å². The molecule has 39 heavy (non-hydrogen) atoms. The van der Waals surface area contributed by atoms with Crippen LogP contribution >= 0.6 is 11.6 Å². The van der Waals surface area contributed by atoms with Crippen molar-refractivity contribution in [3.05, 3.63) is 47.0 Å². The fourth-order valence-corrected chi connectivity index (χ4v) is 4.74. The van der Waals surface area contributed by atoms with Crippen LogP contribution in [-0.2, 0) is 31.4 Å². The maximum absolute atomic E-state index is 13.5. The maximum atomic E-state index is 13.5. The molecule has 2 N–H and O–H groups in total. The van der Waals surface area contributed by atoms with Crippen LogP contribution in [0.1, 0.15) is 33.3 Å². The molecular formula is C25H27ClF3N3O6S. The fourth-order valence-electron chi connectivity index (χ4n) is 3.63. The number of alkyl halides is 3. The van der Waals surface area contributed by atoms with Gasteiger partial charge in [0.05, 0.1) is 10.6 Å². The molecule has 0 radical (unpaired) electrons. The van der Waals surface area contributed by atoms with Crippen molar-refractivity contribution < 1.29 is 41.2 Å². The monoisotopic (exact) mass is 589 g/mol. The van der Waals surface area contributed by atoms with Gasteiger partial charge in [0.25, 0.3) is 0 Å². The van der Waals surface area contributed by atoms with Crippen LogP contribution in [0.3, 0.4) is 0 Å². The number of amides is 3. The van der Waals surface area contributed by atoms with Gasteiger partial charge in [0, 0.05) is 33.8 Å². The summed E-state index contributed by atoms with van der Waals surface area (Å²) in [6.45, 7) is 6.46. The summed E-state index contributed by atoms with van der Waals surface area (Å²) in [7, 11) is -2.06. The summed E-state index contributed by atoms with van der Waals surface area (Å²) in [6.07, 6.45) is -4.83. The second-order valence-electron chi connectivity index (χ2n) is 9.69. The third-order valence-corrected chi connectivity index (χ3v) is 6.78. The predicted octanol–water partition coefficient (Wildman–Crippen LogP) is 4.11. The first-order valence-corrected chi connectivity index (χ1v) is 13.5. The van der Waals surface area contributed by atoms with E-state index in [1.54, 1.807) is 32.9 Å². The molecule has 2 unspecified atom stereocenters. The summed E-state index contributed by atoms with van der Waals surface area (Å²) in [4.78, 5) is 39.4. The van der Waals surface area contributed by atoms with Gasteiger partial charge in [0.1, 0.15) is 17.5 Å². The lowest BCUT2D eigenvalue weighted by molar-refractivity contribution is -0.137. The van der Waals surface area contributed by atoms with Crippen LogP contribution in [0, 0.1) is 0 Å². The van der Waals surface area contributed by atoms with Gasteiger partial charge >= 0.3 is 6.18 Å². The number of fused-ring (bicyclic) bond motifs is 1. The van der Waals surface area contributed by atoms with Crippen LogP contribution in [0.2, 0.25) is 5.02 Å². The number of carbonyl (C=O) groups is 3. The van der Waals surface area contributed by atoms with Crippen molar-refractivity contribution in [1.82, 2.24) is 5.32 Å². The highest BCUT2D eigenvalue weighted by Crippen LogP contribution is 2.37. The molecule has 3 rings (SSSR count). The number of hydrogen-bond donors (Lipinski definition) is 2. The molecule has 2 atom stereocenters. The van der Waals surface area contributed by atoms with Crippen molar-refractivity contribution in [2.75, 3.05) is 28.5 Å². The van der Waals surface area contributed by atoms with Gasteiger partial charge in [-0.15, -0.1) is 0 Å². The number of hydrogen-bond acceptors (Lipinski definition) is 6. The zero-order valence-electron chi connectivity index (χ0n) is 21.5. The number of anilines is 2. The summed E-state index contributed by atoms with van der Waals surface area (Å²) >= 11 is 5.72. The summed E-state index contributed by atoms with van der Waals surface area (Å²) in [5.41, 5.74) is -1.82. The van der Waals surface area contributed by atoms with Crippen molar-refractivity contribution in [3.63, 3.8) is 0 Å². The number of ether oxygens (including phenoxy) is 2. The molecule has 1 aliphatic heterocycles. The van der Waals surface area contributed by atoms with Crippen LogP contribution in [0.15, 0.2) is 36.4 Å². The molecule has 2 aromatic rings. The molecule has 14 heteroatoms. The van der Waals surface area contributed by atoms with Gasteiger partial charge in [0.15, 0.2) is 11.5 Å². The quantitative estimate of drug-likeness (QED) is 0.479. The van der Waals surface area contributed by atoms with Gasteiger partial charge in [-0.25, -0.2) is 0 Å². The summed E-state index contributed by atoms with van der Waals surface area (Å²) in [6, 6.07) is 6.14. The Morgan fingerprint density at radius 3 is 2.36 bits per heavy atom. The topological polar surface area (TPSA) is 114 Å². The standard InChI is InChI=1S/C25H27ClF3N3O6S/c1-14(23(35)31-24(2,3)4)32(16-6-7-18(26)17(10-16)25(27,28)29)22(34)12-39(36)11-21(33)30-15-5-8-19-20(9-15)38-13-37-19/h5-10,14H,11-13H2,1-4H3,(H,30,33)(H,31,35). The lowest BCUT2D eigenvalue weighted by atomic mass is 10.1. The van der Waals surface area contributed by atoms with Gasteiger partial charge in [-0.1, -0.05) is 11.6 Å². The average Bonchev–Trinajstić information content (AvgIpc) is 3.26. The Labute approximate surface area is 230 Å². The minimum Gasteiger partial charge on any atom is -0.454 e. The van der Waals surface area contributed by atoms with E-state index in [1.165, 1.54) is 13.0 Å². The van der Waals surface area contributed by atoms with Crippen molar-refractivity contribution in [1.29, 1.82) is 0 Å². The molecule has 0 spiro atoms. The van der Waals surface area contributed by atoms with Gasteiger partial charge < -0.3 is 20.1 Å². The highest BCUT2D eigenvalue weighted by Gasteiger charge is 2.36. The zero-order valence-corrected chi connectivity index (χ0v) is 23.1. The van der Waals surface area contributed by atoms with E-state index in [0.717, 1.165) is 17.0 Å². The number of nitrogens with one attached hydrogen (secondary N) is 2. The van der Waals surface area contributed by atoms with E-state index in [0.29, 0.717) is 23.3 Å². The Balaban J connectivity index is 1.78. The van der Waals surface area contributed by atoms with Crippen LogP contribution in [0.25, 0.3) is 0 Å². The molecule has 1 aliphatic rings. The first-order chi connectivity index (χ1) is 18.0. The van der Waals surface area contributed by atoms with Gasteiger partial charge in [-0.2, -0.15) is 13.2 Å². The van der Waals surface area contributed by atoms with Crippen molar-refractivity contribution in [3.8, 4) is 11.5 Å². The van der Waals surface area contributed by atoms with Crippen LogP contribution in [0.4, 0.5) is 24.5 Å². The second kappa shape index (κ2) is 11.8. The number of benzene rings is 2. The van der Waals surface area contributed by atoms with E-state index in [4.69, 9.17) is 21.1 Å². The van der Waals surface area contributed by atoms with Gasteiger partial charge in [-0.3, -0.25) is 23.5 Å². The fraction of sp³-hybridized carbons (Fsp3) is 0.400. The third-order valence-electron chi connectivity index (χ3n) is 5.30. The lowest BCUT2D eigenvalue weighted by Gasteiger charge is -2.31. The highest BCUT2D eigenvalue weighted by atomic mass is 35.5. The van der Waals surface area contributed by atoms with E-state index >= 15 is 0 Å². The SMILES string of the molecule is CC(C(=O)NC(C)(C)C)N(C(=O)CS(=O)CC(=O)Nc1ccc2c(c1)OCO2)c1ccc(Cl)c(C(F)(F)F)c1. The van der Waals surface area contributed by atoms with E-state index in [9.17, 15) is 31.8 Å². The Morgan fingerprint density at radius 2 is 1.72 bits per heavy atom. The van der Waals surface area contributed by atoms with E-state index in [-0.39, 0.29) is 12.5 Å². The third kappa shape index (κ3) is 8.09. The van der Waals surface area contributed by atoms with Crippen LogP contribution < -0.4 is 25.0 Å². The largest absolute Gasteiger partial charge is 0.454 e. The summed E-state index contributed by atoms with van der Waals surface area (Å²) in [5.74, 6) is -2.62. The van der Waals surface area contributed by atoms with Crippen molar-refractivity contribution in [2.45, 2.75) is 45.5 Å². The highest BCUT2D eigenvalue weighted by molar-refractivity contribution is 7.86. The maximum Gasteiger partial charge on any atom is 0.417 e. The normalized spacial score (nSPS) is 14.4. The first-order valence-electron chi connectivity index (χ1n) is 11.6. The Hall–Kier alpha value is -3.32. The molecule has 0 aliphatic carbocycles. The molecule has 0 saturated heterocycles. The molecule has 2 aromatic carbocycles. The summed E-state index contributed by atoms with van der Waals surface area (Å²) in [5, 5.41) is 4.62. The van der Waals surface area contributed by atoms with Crippen molar-refractivity contribution >= 4 is 51.5 Å². The number of nitrogens with zero attached hydrogens (tertiary/aromatic N) is 1. The van der Waals surface area contributed by atoms with Crippen LogP contribution in [0.5, 0.6) is 11.5 Å². The molecule has 0 saturated carbocycles. The van der Waals surface area contributed by atoms with Gasteiger partial charge in [-0.05, 0) is 58.0 Å². The average molecular weight is 590 g/mol. The van der Waals surface area contributed by atoms with Crippen molar-refractivity contribution in [2.24, 2.45) is 0 Å². The molecule has 9 nitrogen and oxygen atoms in total. The first kappa shape index (κ1) is 30.2. The number of rotatable bonds is 8. The Kier molecular flexibility index (Phi) is 9.16. The molecule has 0 aromatic heterocycles. The van der Waals surface area contributed by atoms with Crippen LogP contribution in [-0.4, -0.2) is 51.8 Å². The Morgan fingerprint density at radius 1 is 1.05 bits per heavy atom. The number of halogens is 4. The second-order valence-corrected chi connectivity index (χ2v) is 11.5. The summed E-state index contributed by atoms with van der Waals surface area (Å²) < 4.78 is 63.7. The molecule has 1 heterocycles. The predicted molar refractivity (Wildman–Crippen MR) is 140 cm³/mol. The smallest absolute Gasteiger partial charge is 0.417 e. The molecule has 0 fully saturated rings.